The summed E-state index contributed by atoms with van der Waals surface area (Å²) in [4.78, 5) is 13.3. The fourth-order valence-electron chi connectivity index (χ4n) is 1.75. The van der Waals surface area contributed by atoms with Gasteiger partial charge in [0, 0.05) is 24.6 Å². The van der Waals surface area contributed by atoms with Gasteiger partial charge in [-0.15, -0.1) is 0 Å². The molecule has 0 fully saturated rings. The summed E-state index contributed by atoms with van der Waals surface area (Å²) >= 11 is 3.52. The fourth-order valence-corrected chi connectivity index (χ4v) is 2.38. The van der Waals surface area contributed by atoms with Crippen LogP contribution in [0.3, 0.4) is 0 Å². The van der Waals surface area contributed by atoms with Gasteiger partial charge in [0.05, 0.1) is 6.04 Å². The zero-order valence-corrected chi connectivity index (χ0v) is 12.3. The first-order chi connectivity index (χ1) is 7.93. The second-order valence-electron chi connectivity index (χ2n) is 4.36. The van der Waals surface area contributed by atoms with Crippen LogP contribution < -0.4 is 5.32 Å². The zero-order chi connectivity index (χ0) is 13.0. The Morgan fingerprint density at radius 1 is 1.29 bits per heavy atom. The SMILES string of the molecule is CC(N[C@H](C)c1ccccc1Br)C(=O)N(C)C. The predicted octanol–water partition coefficient (Wildman–Crippen LogP) is 2.58. The molecule has 0 saturated heterocycles. The molecule has 0 radical (unpaired) electrons. The number of amides is 1. The maximum atomic E-state index is 11.7. The second-order valence-corrected chi connectivity index (χ2v) is 5.22. The molecular formula is C13H19BrN2O. The molecule has 1 aromatic carbocycles. The molecule has 0 saturated carbocycles. The van der Waals surface area contributed by atoms with Crippen molar-refractivity contribution in [2.75, 3.05) is 14.1 Å². The van der Waals surface area contributed by atoms with Crippen LogP contribution in [0.25, 0.3) is 0 Å². The lowest BCUT2D eigenvalue weighted by Crippen LogP contribution is -2.42. The first-order valence-electron chi connectivity index (χ1n) is 5.65. The summed E-state index contributed by atoms with van der Waals surface area (Å²) < 4.78 is 1.06. The number of carbonyl (C=O) groups excluding carboxylic acids is 1. The average Bonchev–Trinajstić information content (AvgIpc) is 2.28. The minimum atomic E-state index is -0.188. The van der Waals surface area contributed by atoms with E-state index in [4.69, 9.17) is 0 Å². The molecule has 1 aromatic rings. The van der Waals surface area contributed by atoms with Gasteiger partial charge in [-0.25, -0.2) is 0 Å². The lowest BCUT2D eigenvalue weighted by Gasteiger charge is -2.23. The van der Waals surface area contributed by atoms with Gasteiger partial charge in [-0.05, 0) is 25.5 Å². The molecule has 94 valence electrons. The van der Waals surface area contributed by atoms with Gasteiger partial charge in [0.15, 0.2) is 0 Å². The summed E-state index contributed by atoms with van der Waals surface area (Å²) in [5, 5.41) is 3.30. The molecule has 0 aliphatic carbocycles. The number of rotatable bonds is 4. The Bertz CT molecular complexity index is 393. The molecule has 0 aromatic heterocycles. The second kappa shape index (κ2) is 6.17. The summed E-state index contributed by atoms with van der Waals surface area (Å²) in [6.45, 7) is 3.94. The van der Waals surface area contributed by atoms with Crippen molar-refractivity contribution in [3.8, 4) is 0 Å². The molecule has 3 nitrogen and oxygen atoms in total. The van der Waals surface area contributed by atoms with Crippen molar-refractivity contribution in [2.24, 2.45) is 0 Å². The molecular weight excluding hydrogens is 280 g/mol. The highest BCUT2D eigenvalue weighted by atomic mass is 79.9. The van der Waals surface area contributed by atoms with Gasteiger partial charge >= 0.3 is 0 Å². The van der Waals surface area contributed by atoms with Crippen molar-refractivity contribution in [1.29, 1.82) is 0 Å². The smallest absolute Gasteiger partial charge is 0.238 e. The number of nitrogens with zero attached hydrogens (tertiary/aromatic N) is 1. The highest BCUT2D eigenvalue weighted by Crippen LogP contribution is 2.23. The van der Waals surface area contributed by atoms with Crippen molar-refractivity contribution >= 4 is 21.8 Å². The number of halogens is 1. The zero-order valence-electron chi connectivity index (χ0n) is 10.7. The van der Waals surface area contributed by atoms with Crippen LogP contribution in [0, 0.1) is 0 Å². The molecule has 1 rings (SSSR count). The molecule has 1 amide bonds. The van der Waals surface area contributed by atoms with E-state index in [0.717, 1.165) is 10.0 Å². The Hall–Kier alpha value is -0.870. The van der Waals surface area contributed by atoms with Gasteiger partial charge in [0.1, 0.15) is 0 Å². The quantitative estimate of drug-likeness (QED) is 0.927. The molecule has 17 heavy (non-hydrogen) atoms. The van der Waals surface area contributed by atoms with Gasteiger partial charge in [-0.2, -0.15) is 0 Å². The van der Waals surface area contributed by atoms with E-state index in [2.05, 4.69) is 34.2 Å². The molecule has 0 spiro atoms. The third kappa shape index (κ3) is 3.82. The van der Waals surface area contributed by atoms with Crippen LogP contribution in [0.15, 0.2) is 28.7 Å². The van der Waals surface area contributed by atoms with Gasteiger partial charge in [0.25, 0.3) is 0 Å². The molecule has 0 bridgehead atoms. The maximum Gasteiger partial charge on any atom is 0.238 e. The topological polar surface area (TPSA) is 32.3 Å². The molecule has 0 aliphatic heterocycles. The number of benzene rings is 1. The van der Waals surface area contributed by atoms with Crippen LogP contribution in [0.2, 0.25) is 0 Å². The minimum absolute atomic E-state index is 0.0869. The number of nitrogens with one attached hydrogen (secondary N) is 1. The Morgan fingerprint density at radius 2 is 1.88 bits per heavy atom. The van der Waals surface area contributed by atoms with Crippen molar-refractivity contribution in [3.63, 3.8) is 0 Å². The van der Waals surface area contributed by atoms with Crippen LogP contribution in [0.5, 0.6) is 0 Å². The number of hydrogen-bond donors (Lipinski definition) is 1. The van der Waals surface area contributed by atoms with Crippen LogP contribution in [0.1, 0.15) is 25.5 Å². The van der Waals surface area contributed by atoms with Gasteiger partial charge in [-0.3, -0.25) is 10.1 Å². The van der Waals surface area contributed by atoms with Crippen LogP contribution in [0.4, 0.5) is 0 Å². The van der Waals surface area contributed by atoms with Gasteiger partial charge < -0.3 is 4.90 Å². The summed E-state index contributed by atoms with van der Waals surface area (Å²) in [6.07, 6.45) is 0. The Balaban J connectivity index is 2.70. The van der Waals surface area contributed by atoms with E-state index < -0.39 is 0 Å². The van der Waals surface area contributed by atoms with Crippen LogP contribution >= 0.6 is 15.9 Å². The largest absolute Gasteiger partial charge is 0.347 e. The Labute approximate surface area is 111 Å². The molecule has 1 N–H and O–H groups in total. The minimum Gasteiger partial charge on any atom is -0.347 e. The lowest BCUT2D eigenvalue weighted by molar-refractivity contribution is -0.130. The number of carbonyl (C=O) groups is 1. The number of likely N-dealkylation sites (N-methyl/N-ethyl adjacent to an activating group) is 1. The maximum absolute atomic E-state index is 11.7. The van der Waals surface area contributed by atoms with E-state index in [1.807, 2.05) is 25.1 Å². The van der Waals surface area contributed by atoms with Gasteiger partial charge in [-0.1, -0.05) is 34.1 Å². The normalized spacial score (nSPS) is 14.2. The highest BCUT2D eigenvalue weighted by molar-refractivity contribution is 9.10. The first kappa shape index (κ1) is 14.2. The van der Waals surface area contributed by atoms with Crippen molar-refractivity contribution in [1.82, 2.24) is 10.2 Å². The van der Waals surface area contributed by atoms with Crippen LogP contribution in [-0.4, -0.2) is 30.9 Å². The first-order valence-corrected chi connectivity index (χ1v) is 6.44. The fraction of sp³-hybridized carbons (Fsp3) is 0.462. The van der Waals surface area contributed by atoms with E-state index in [1.54, 1.807) is 19.0 Å². The monoisotopic (exact) mass is 298 g/mol. The molecule has 1 unspecified atom stereocenters. The summed E-state index contributed by atoms with van der Waals surface area (Å²) in [5.74, 6) is 0.0869. The molecule has 0 aliphatic rings. The Kier molecular flexibility index (Phi) is 5.15. The van der Waals surface area contributed by atoms with Crippen molar-refractivity contribution < 1.29 is 4.79 Å². The summed E-state index contributed by atoms with van der Waals surface area (Å²) in [5.41, 5.74) is 1.16. The summed E-state index contributed by atoms with van der Waals surface area (Å²) in [7, 11) is 3.53. The van der Waals surface area contributed by atoms with E-state index in [1.165, 1.54) is 0 Å². The predicted molar refractivity (Wildman–Crippen MR) is 73.8 cm³/mol. The number of hydrogen-bond acceptors (Lipinski definition) is 2. The Morgan fingerprint density at radius 3 is 2.41 bits per heavy atom. The molecule has 4 heteroatoms. The van der Waals surface area contributed by atoms with E-state index in [0.29, 0.717) is 0 Å². The molecule has 0 heterocycles. The summed E-state index contributed by atoms with van der Waals surface area (Å²) in [6, 6.07) is 7.97. The molecule has 2 atom stereocenters. The average molecular weight is 299 g/mol. The standard InChI is InChI=1S/C13H19BrN2O/c1-9(11-7-5-6-8-12(11)14)15-10(2)13(17)16(3)4/h5-10,15H,1-4H3/t9-,10?/m1/s1. The van der Waals surface area contributed by atoms with E-state index in [9.17, 15) is 4.79 Å². The van der Waals surface area contributed by atoms with Gasteiger partial charge in [0.2, 0.25) is 5.91 Å². The van der Waals surface area contributed by atoms with Crippen molar-refractivity contribution in [3.05, 3.63) is 34.3 Å². The van der Waals surface area contributed by atoms with Crippen molar-refractivity contribution in [2.45, 2.75) is 25.9 Å². The third-order valence-corrected chi connectivity index (χ3v) is 3.41. The van der Waals surface area contributed by atoms with E-state index in [-0.39, 0.29) is 18.0 Å². The highest BCUT2D eigenvalue weighted by Gasteiger charge is 2.18. The van der Waals surface area contributed by atoms with E-state index >= 15 is 0 Å². The lowest BCUT2D eigenvalue weighted by atomic mass is 10.1. The van der Waals surface area contributed by atoms with Crippen LogP contribution in [-0.2, 0) is 4.79 Å². The third-order valence-electron chi connectivity index (χ3n) is 2.68.